The number of hydrogen-bond acceptors (Lipinski definition) is 5. The molecule has 0 atom stereocenters. The van der Waals surface area contributed by atoms with E-state index in [9.17, 15) is 4.79 Å². The van der Waals surface area contributed by atoms with Crippen LogP contribution >= 0.6 is 12.4 Å². The molecule has 7 heteroatoms. The van der Waals surface area contributed by atoms with E-state index in [0.29, 0.717) is 11.5 Å². The zero-order valence-electron chi connectivity index (χ0n) is 6.76. The zero-order valence-corrected chi connectivity index (χ0v) is 7.57. The van der Waals surface area contributed by atoms with Crippen LogP contribution in [-0.2, 0) is 0 Å². The van der Waals surface area contributed by atoms with Crippen molar-refractivity contribution in [3.05, 3.63) is 10.4 Å². The van der Waals surface area contributed by atoms with Crippen molar-refractivity contribution in [2.75, 3.05) is 29.5 Å². The largest absolute Gasteiger partial charge is 0.376 e. The van der Waals surface area contributed by atoms with Crippen LogP contribution in [0.25, 0.3) is 0 Å². The SMILES string of the molecule is Cl.Nc1nc2c(c(=O)[nH]1)NCCN2. The molecule has 1 aliphatic rings. The van der Waals surface area contributed by atoms with Crippen molar-refractivity contribution in [3.63, 3.8) is 0 Å². The number of fused-ring (bicyclic) bond motifs is 1. The molecule has 0 aliphatic carbocycles. The number of nitrogens with one attached hydrogen (secondary N) is 3. The summed E-state index contributed by atoms with van der Waals surface area (Å²) in [6.45, 7) is 1.48. The maximum Gasteiger partial charge on any atom is 0.277 e. The van der Waals surface area contributed by atoms with E-state index >= 15 is 0 Å². The number of hydrogen-bond donors (Lipinski definition) is 4. The van der Waals surface area contributed by atoms with Gasteiger partial charge in [-0.15, -0.1) is 12.4 Å². The van der Waals surface area contributed by atoms with E-state index in [-0.39, 0.29) is 23.9 Å². The highest BCUT2D eigenvalue weighted by Crippen LogP contribution is 2.16. The Balaban J connectivity index is 0.000000845. The first-order chi connectivity index (χ1) is 5.77. The smallest absolute Gasteiger partial charge is 0.277 e. The molecular formula is C6H10ClN5O. The van der Waals surface area contributed by atoms with E-state index in [4.69, 9.17) is 5.73 Å². The lowest BCUT2D eigenvalue weighted by molar-refractivity contribution is 0.990. The lowest BCUT2D eigenvalue weighted by atomic mass is 10.3. The van der Waals surface area contributed by atoms with Crippen LogP contribution in [0.5, 0.6) is 0 Å². The molecule has 1 aliphatic heterocycles. The number of H-pyrrole nitrogens is 1. The fourth-order valence-corrected chi connectivity index (χ4v) is 1.15. The van der Waals surface area contributed by atoms with Crippen LogP contribution in [0, 0.1) is 0 Å². The average molecular weight is 204 g/mol. The summed E-state index contributed by atoms with van der Waals surface area (Å²) in [6, 6.07) is 0. The van der Waals surface area contributed by atoms with Crippen molar-refractivity contribution in [2.45, 2.75) is 0 Å². The molecule has 2 heterocycles. The van der Waals surface area contributed by atoms with Crippen molar-refractivity contribution in [2.24, 2.45) is 0 Å². The second-order valence-corrected chi connectivity index (χ2v) is 2.53. The van der Waals surface area contributed by atoms with E-state index in [1.807, 2.05) is 0 Å². The summed E-state index contributed by atoms with van der Waals surface area (Å²) in [6.07, 6.45) is 0. The first-order valence-electron chi connectivity index (χ1n) is 3.65. The van der Waals surface area contributed by atoms with Crippen LogP contribution in [0.4, 0.5) is 17.5 Å². The molecule has 13 heavy (non-hydrogen) atoms. The minimum absolute atomic E-state index is 0. The molecule has 0 fully saturated rings. The van der Waals surface area contributed by atoms with Gasteiger partial charge in [0.05, 0.1) is 0 Å². The number of nitrogens with two attached hydrogens (primary N) is 1. The Hall–Kier alpha value is -1.43. The van der Waals surface area contributed by atoms with Gasteiger partial charge >= 0.3 is 0 Å². The summed E-state index contributed by atoms with van der Waals surface area (Å²) in [7, 11) is 0. The molecule has 0 radical (unpaired) electrons. The molecule has 0 saturated carbocycles. The maximum absolute atomic E-state index is 11.2. The van der Waals surface area contributed by atoms with Gasteiger partial charge in [0.25, 0.3) is 5.56 Å². The molecule has 5 N–H and O–H groups in total. The van der Waals surface area contributed by atoms with Gasteiger partial charge in [-0.25, -0.2) is 0 Å². The van der Waals surface area contributed by atoms with Crippen molar-refractivity contribution < 1.29 is 0 Å². The summed E-state index contributed by atoms with van der Waals surface area (Å²) < 4.78 is 0. The molecule has 72 valence electrons. The van der Waals surface area contributed by atoms with E-state index in [2.05, 4.69) is 20.6 Å². The quantitative estimate of drug-likeness (QED) is 0.461. The molecule has 0 aromatic carbocycles. The lowest BCUT2D eigenvalue weighted by Gasteiger charge is -2.17. The topological polar surface area (TPSA) is 95.8 Å². The van der Waals surface area contributed by atoms with E-state index in [1.165, 1.54) is 0 Å². The Bertz CT molecular complexity index is 363. The molecule has 0 unspecified atom stereocenters. The molecule has 1 aromatic heterocycles. The number of nitrogen functional groups attached to an aromatic ring is 1. The van der Waals surface area contributed by atoms with E-state index in [0.717, 1.165) is 13.1 Å². The summed E-state index contributed by atoms with van der Waals surface area (Å²) in [5.74, 6) is 0.664. The molecule has 0 bridgehead atoms. The van der Waals surface area contributed by atoms with Gasteiger partial charge in [0.1, 0.15) is 5.69 Å². The predicted molar refractivity (Wildman–Crippen MR) is 53.5 cm³/mol. The third-order valence-corrected chi connectivity index (χ3v) is 1.66. The van der Waals surface area contributed by atoms with Crippen LogP contribution in [0.15, 0.2) is 4.79 Å². The third kappa shape index (κ3) is 1.67. The predicted octanol–water partition coefficient (Wildman–Crippen LogP) is -0.389. The van der Waals surface area contributed by atoms with Crippen LogP contribution in [0.3, 0.4) is 0 Å². The third-order valence-electron chi connectivity index (χ3n) is 1.66. The minimum atomic E-state index is -0.232. The number of aromatic nitrogens is 2. The number of rotatable bonds is 0. The molecule has 1 aromatic rings. The highest BCUT2D eigenvalue weighted by atomic mass is 35.5. The number of halogens is 1. The van der Waals surface area contributed by atoms with Crippen molar-refractivity contribution in [3.8, 4) is 0 Å². The lowest BCUT2D eigenvalue weighted by Crippen LogP contribution is -2.28. The number of anilines is 3. The fraction of sp³-hybridized carbons (Fsp3) is 0.333. The first-order valence-corrected chi connectivity index (χ1v) is 3.65. The van der Waals surface area contributed by atoms with Crippen LogP contribution in [0.1, 0.15) is 0 Å². The van der Waals surface area contributed by atoms with Crippen LogP contribution in [-0.4, -0.2) is 23.1 Å². The normalized spacial score (nSPS) is 13.2. The van der Waals surface area contributed by atoms with E-state index < -0.39 is 0 Å². The molecule has 6 nitrogen and oxygen atoms in total. The van der Waals surface area contributed by atoms with Gasteiger partial charge in [0.2, 0.25) is 5.95 Å². The molecule has 0 spiro atoms. The second-order valence-electron chi connectivity index (χ2n) is 2.53. The monoisotopic (exact) mass is 203 g/mol. The van der Waals surface area contributed by atoms with Crippen molar-refractivity contribution >= 4 is 29.9 Å². The fourth-order valence-electron chi connectivity index (χ4n) is 1.15. The molecule has 2 rings (SSSR count). The summed E-state index contributed by atoms with van der Waals surface area (Å²) in [5.41, 5.74) is 5.58. The van der Waals surface area contributed by atoms with Gasteiger partial charge in [0.15, 0.2) is 5.82 Å². The molecular weight excluding hydrogens is 194 g/mol. The van der Waals surface area contributed by atoms with Crippen LogP contribution in [0.2, 0.25) is 0 Å². The molecule has 0 amide bonds. The van der Waals surface area contributed by atoms with Gasteiger partial charge < -0.3 is 16.4 Å². The van der Waals surface area contributed by atoms with E-state index in [1.54, 1.807) is 0 Å². The standard InChI is InChI=1S/C6H9N5O.ClH/c7-6-10-4-3(5(12)11-6)8-1-2-9-4;/h8H,1-2H2,(H4,7,9,10,11,12);1H. The Morgan fingerprint density at radius 3 is 2.77 bits per heavy atom. The van der Waals surface area contributed by atoms with Crippen LogP contribution < -0.4 is 21.9 Å². The number of aromatic amines is 1. The highest BCUT2D eigenvalue weighted by molar-refractivity contribution is 5.85. The number of nitrogens with zero attached hydrogens (tertiary/aromatic N) is 1. The Labute approximate surface area is 80.3 Å². The van der Waals surface area contributed by atoms with Gasteiger partial charge in [-0.2, -0.15) is 4.98 Å². The van der Waals surface area contributed by atoms with Gasteiger partial charge in [-0.3, -0.25) is 9.78 Å². The summed E-state index contributed by atoms with van der Waals surface area (Å²) in [5, 5.41) is 5.90. The minimum Gasteiger partial charge on any atom is -0.376 e. The highest BCUT2D eigenvalue weighted by Gasteiger charge is 2.12. The Morgan fingerprint density at radius 2 is 2.00 bits per heavy atom. The average Bonchev–Trinajstić information content (AvgIpc) is 2.04. The van der Waals surface area contributed by atoms with Crippen molar-refractivity contribution in [1.82, 2.24) is 9.97 Å². The first kappa shape index (κ1) is 9.66. The van der Waals surface area contributed by atoms with Crippen molar-refractivity contribution in [1.29, 1.82) is 0 Å². The summed E-state index contributed by atoms with van der Waals surface area (Å²) in [4.78, 5) is 17.5. The summed E-state index contributed by atoms with van der Waals surface area (Å²) >= 11 is 0. The Kier molecular flexibility index (Phi) is 2.62. The Morgan fingerprint density at radius 1 is 1.31 bits per heavy atom. The van der Waals surface area contributed by atoms with Gasteiger partial charge in [-0.1, -0.05) is 0 Å². The second kappa shape index (κ2) is 3.53. The maximum atomic E-state index is 11.2. The van der Waals surface area contributed by atoms with Gasteiger partial charge in [-0.05, 0) is 0 Å². The molecule has 0 saturated heterocycles. The van der Waals surface area contributed by atoms with Gasteiger partial charge in [0, 0.05) is 13.1 Å². The zero-order chi connectivity index (χ0) is 8.55.